The fourth-order valence-corrected chi connectivity index (χ4v) is 1.48. The monoisotopic (exact) mass is 206 g/mol. The van der Waals surface area contributed by atoms with Crippen LogP contribution in [0.3, 0.4) is 0 Å². The molecule has 15 heavy (non-hydrogen) atoms. The summed E-state index contributed by atoms with van der Waals surface area (Å²) in [5, 5.41) is 0. The smallest absolute Gasteiger partial charge is 0.249 e. The zero-order chi connectivity index (χ0) is 10.8. The molecule has 0 radical (unpaired) electrons. The summed E-state index contributed by atoms with van der Waals surface area (Å²) in [7, 11) is 0. The molecule has 80 valence electrons. The van der Waals surface area contributed by atoms with E-state index in [1.807, 2.05) is 6.07 Å². The largest absolute Gasteiger partial charge is 0.490 e. The van der Waals surface area contributed by atoms with Crippen molar-refractivity contribution in [3.05, 3.63) is 29.3 Å². The number of amides is 1. The molecule has 1 fully saturated rings. The minimum absolute atomic E-state index is 0.265. The molecule has 1 amide bonds. The predicted molar refractivity (Wildman–Crippen MR) is 56.5 cm³/mol. The van der Waals surface area contributed by atoms with Crippen LogP contribution in [-0.2, 0) is 6.54 Å². The van der Waals surface area contributed by atoms with Crippen LogP contribution in [0.5, 0.6) is 5.75 Å². The summed E-state index contributed by atoms with van der Waals surface area (Å²) in [5.41, 5.74) is 12.0. The summed E-state index contributed by atoms with van der Waals surface area (Å²) in [4.78, 5) is 11.1. The first kappa shape index (κ1) is 9.98. The molecule has 0 aliphatic heterocycles. The average molecular weight is 206 g/mol. The maximum Gasteiger partial charge on any atom is 0.249 e. The van der Waals surface area contributed by atoms with Crippen LogP contribution in [0.1, 0.15) is 28.8 Å². The van der Waals surface area contributed by atoms with E-state index >= 15 is 0 Å². The number of nitrogens with two attached hydrogens (primary N) is 2. The van der Waals surface area contributed by atoms with Gasteiger partial charge in [0.15, 0.2) is 0 Å². The number of hydrogen-bond donors (Lipinski definition) is 2. The zero-order valence-corrected chi connectivity index (χ0v) is 8.40. The van der Waals surface area contributed by atoms with E-state index in [1.165, 1.54) is 0 Å². The van der Waals surface area contributed by atoms with Crippen molar-refractivity contribution in [1.82, 2.24) is 0 Å². The SMILES string of the molecule is NCc1c(OC2CC2)cccc1C(N)=O. The molecule has 1 aliphatic carbocycles. The van der Waals surface area contributed by atoms with Crippen LogP contribution < -0.4 is 16.2 Å². The molecule has 2 rings (SSSR count). The molecule has 0 bridgehead atoms. The normalized spacial score (nSPS) is 15.0. The number of hydrogen-bond acceptors (Lipinski definition) is 3. The van der Waals surface area contributed by atoms with Crippen molar-refractivity contribution >= 4 is 5.91 Å². The highest BCUT2D eigenvalue weighted by atomic mass is 16.5. The van der Waals surface area contributed by atoms with Gasteiger partial charge in [0, 0.05) is 17.7 Å². The first-order chi connectivity index (χ1) is 7.22. The molecular weight excluding hydrogens is 192 g/mol. The lowest BCUT2D eigenvalue weighted by Crippen LogP contribution is -2.16. The van der Waals surface area contributed by atoms with Crippen molar-refractivity contribution in [2.75, 3.05) is 0 Å². The number of rotatable bonds is 4. The molecule has 4 N–H and O–H groups in total. The second-order valence-electron chi connectivity index (χ2n) is 3.67. The number of primary amides is 1. The Morgan fingerprint density at radius 1 is 1.47 bits per heavy atom. The van der Waals surface area contributed by atoms with Crippen LogP contribution in [0.25, 0.3) is 0 Å². The number of carbonyl (C=O) groups is 1. The first-order valence-electron chi connectivity index (χ1n) is 5.00. The van der Waals surface area contributed by atoms with Gasteiger partial charge in [-0.1, -0.05) is 6.07 Å². The van der Waals surface area contributed by atoms with Crippen LogP contribution in [-0.4, -0.2) is 12.0 Å². The molecule has 4 nitrogen and oxygen atoms in total. The Morgan fingerprint density at radius 3 is 2.73 bits per heavy atom. The highest BCUT2D eigenvalue weighted by Gasteiger charge is 2.25. The summed E-state index contributed by atoms with van der Waals surface area (Å²) in [6, 6.07) is 5.26. The Labute approximate surface area is 88.2 Å². The summed E-state index contributed by atoms with van der Waals surface area (Å²) < 4.78 is 5.65. The topological polar surface area (TPSA) is 78.3 Å². The van der Waals surface area contributed by atoms with Crippen LogP contribution >= 0.6 is 0 Å². The Hall–Kier alpha value is -1.55. The van der Waals surface area contributed by atoms with E-state index in [1.54, 1.807) is 12.1 Å². The molecule has 0 saturated heterocycles. The molecule has 0 aromatic heterocycles. The van der Waals surface area contributed by atoms with Gasteiger partial charge in [-0.05, 0) is 25.0 Å². The molecular formula is C11H14N2O2. The van der Waals surface area contributed by atoms with Gasteiger partial charge in [0.25, 0.3) is 0 Å². The van der Waals surface area contributed by atoms with Crippen molar-refractivity contribution in [1.29, 1.82) is 0 Å². The maximum absolute atomic E-state index is 11.1. The second-order valence-corrected chi connectivity index (χ2v) is 3.67. The Balaban J connectivity index is 2.34. The third-order valence-corrected chi connectivity index (χ3v) is 2.42. The van der Waals surface area contributed by atoms with Crippen LogP contribution in [0.15, 0.2) is 18.2 Å². The number of ether oxygens (including phenoxy) is 1. The quantitative estimate of drug-likeness (QED) is 0.764. The first-order valence-corrected chi connectivity index (χ1v) is 5.00. The molecule has 1 saturated carbocycles. The van der Waals surface area contributed by atoms with E-state index < -0.39 is 5.91 Å². The van der Waals surface area contributed by atoms with Crippen molar-refractivity contribution < 1.29 is 9.53 Å². The van der Waals surface area contributed by atoms with E-state index in [2.05, 4.69) is 0 Å². The third-order valence-electron chi connectivity index (χ3n) is 2.42. The highest BCUT2D eigenvalue weighted by Crippen LogP contribution is 2.30. The summed E-state index contributed by atoms with van der Waals surface area (Å²) in [6.07, 6.45) is 2.44. The van der Waals surface area contributed by atoms with Gasteiger partial charge in [-0.3, -0.25) is 4.79 Å². The van der Waals surface area contributed by atoms with Crippen molar-refractivity contribution in [2.45, 2.75) is 25.5 Å². The Morgan fingerprint density at radius 2 is 2.20 bits per heavy atom. The van der Waals surface area contributed by atoms with Gasteiger partial charge >= 0.3 is 0 Å². The Kier molecular flexibility index (Phi) is 2.60. The Bertz CT molecular complexity index is 386. The molecule has 1 aromatic rings. The molecule has 4 heteroatoms. The summed E-state index contributed by atoms with van der Waals surface area (Å²) in [5.74, 6) is 0.230. The van der Waals surface area contributed by atoms with Crippen molar-refractivity contribution in [2.24, 2.45) is 11.5 Å². The lowest BCUT2D eigenvalue weighted by Gasteiger charge is -2.12. The minimum atomic E-state index is -0.461. The fraction of sp³-hybridized carbons (Fsp3) is 0.364. The van der Waals surface area contributed by atoms with E-state index in [0.29, 0.717) is 23.0 Å². The van der Waals surface area contributed by atoms with Crippen molar-refractivity contribution in [3.63, 3.8) is 0 Å². The van der Waals surface area contributed by atoms with E-state index in [0.717, 1.165) is 12.8 Å². The van der Waals surface area contributed by atoms with Gasteiger partial charge in [-0.25, -0.2) is 0 Å². The van der Waals surface area contributed by atoms with Crippen molar-refractivity contribution in [3.8, 4) is 5.75 Å². The van der Waals surface area contributed by atoms with Gasteiger partial charge in [0.2, 0.25) is 5.91 Å². The number of benzene rings is 1. The van der Waals surface area contributed by atoms with Gasteiger partial charge < -0.3 is 16.2 Å². The molecule has 0 spiro atoms. The van der Waals surface area contributed by atoms with Crippen LogP contribution in [0, 0.1) is 0 Å². The van der Waals surface area contributed by atoms with Gasteiger partial charge in [-0.15, -0.1) is 0 Å². The van der Waals surface area contributed by atoms with Gasteiger partial charge in [-0.2, -0.15) is 0 Å². The van der Waals surface area contributed by atoms with E-state index in [4.69, 9.17) is 16.2 Å². The fourth-order valence-electron chi connectivity index (χ4n) is 1.48. The zero-order valence-electron chi connectivity index (χ0n) is 8.40. The van der Waals surface area contributed by atoms with E-state index in [-0.39, 0.29) is 6.54 Å². The molecule has 1 aliphatic rings. The molecule has 0 unspecified atom stereocenters. The molecule has 1 aromatic carbocycles. The van der Waals surface area contributed by atoms with Gasteiger partial charge in [0.1, 0.15) is 5.75 Å². The standard InChI is InChI=1S/C11H14N2O2/c12-6-9-8(11(13)14)2-1-3-10(9)15-7-4-5-7/h1-3,7H,4-6,12H2,(H2,13,14). The predicted octanol–water partition coefficient (Wildman–Crippen LogP) is 0.785. The van der Waals surface area contributed by atoms with Crippen LogP contribution in [0.4, 0.5) is 0 Å². The third kappa shape index (κ3) is 2.10. The van der Waals surface area contributed by atoms with Crippen LogP contribution in [0.2, 0.25) is 0 Å². The number of carbonyl (C=O) groups excluding carboxylic acids is 1. The summed E-state index contributed by atoms with van der Waals surface area (Å²) in [6.45, 7) is 0.265. The summed E-state index contributed by atoms with van der Waals surface area (Å²) >= 11 is 0. The molecule has 0 atom stereocenters. The lowest BCUT2D eigenvalue weighted by molar-refractivity contribution is 0.0998. The lowest BCUT2D eigenvalue weighted by atomic mass is 10.1. The maximum atomic E-state index is 11.1. The molecule has 0 heterocycles. The minimum Gasteiger partial charge on any atom is -0.490 e. The highest BCUT2D eigenvalue weighted by molar-refractivity contribution is 5.95. The second kappa shape index (κ2) is 3.90. The van der Waals surface area contributed by atoms with E-state index in [9.17, 15) is 4.79 Å². The van der Waals surface area contributed by atoms with Gasteiger partial charge in [0.05, 0.1) is 6.10 Å². The average Bonchev–Trinajstić information content (AvgIpc) is 3.01.